The number of carbonyl (C=O) groups is 1. The number of nitrogens with zero attached hydrogens (tertiary/aromatic N) is 1. The van der Waals surface area contributed by atoms with E-state index in [0.717, 1.165) is 21.1 Å². The Hall–Kier alpha value is -1.62. The Morgan fingerprint density at radius 3 is 3.17 bits per heavy atom. The summed E-state index contributed by atoms with van der Waals surface area (Å²) in [5.74, 6) is -0.226. The Bertz CT molecular complexity index is 590. The van der Waals surface area contributed by atoms with Crippen LogP contribution in [0.25, 0.3) is 17.0 Å². The van der Waals surface area contributed by atoms with Gasteiger partial charge in [0.25, 0.3) is 0 Å². The van der Waals surface area contributed by atoms with Gasteiger partial charge < -0.3 is 4.74 Å². The molecule has 0 aliphatic carbocycles. The molecule has 1 heterocycles. The van der Waals surface area contributed by atoms with Gasteiger partial charge in [-0.2, -0.15) is 5.10 Å². The SMILES string of the molecule is CCOC(=O)CC=Cc1n[nH]c2cc(Br)ccc12. The van der Waals surface area contributed by atoms with Crippen LogP contribution >= 0.6 is 15.9 Å². The Kier molecular flexibility index (Phi) is 4.15. The van der Waals surface area contributed by atoms with Crippen LogP contribution < -0.4 is 0 Å². The van der Waals surface area contributed by atoms with E-state index >= 15 is 0 Å². The third-order valence-corrected chi connectivity index (χ3v) is 2.91. The molecule has 0 aliphatic rings. The first-order valence-electron chi connectivity index (χ1n) is 5.66. The van der Waals surface area contributed by atoms with Crippen molar-refractivity contribution in [2.75, 3.05) is 6.61 Å². The minimum absolute atomic E-state index is 0.226. The van der Waals surface area contributed by atoms with Crippen molar-refractivity contribution < 1.29 is 9.53 Å². The Morgan fingerprint density at radius 2 is 2.39 bits per heavy atom. The van der Waals surface area contributed by atoms with E-state index in [4.69, 9.17) is 4.74 Å². The van der Waals surface area contributed by atoms with Crippen molar-refractivity contribution in [1.82, 2.24) is 10.2 Å². The Labute approximate surface area is 113 Å². The van der Waals surface area contributed by atoms with Gasteiger partial charge in [0, 0.05) is 9.86 Å². The van der Waals surface area contributed by atoms with Gasteiger partial charge in [-0.1, -0.05) is 22.0 Å². The van der Waals surface area contributed by atoms with E-state index < -0.39 is 0 Å². The van der Waals surface area contributed by atoms with E-state index in [0.29, 0.717) is 6.61 Å². The fourth-order valence-corrected chi connectivity index (χ4v) is 1.99. The van der Waals surface area contributed by atoms with E-state index in [9.17, 15) is 4.79 Å². The van der Waals surface area contributed by atoms with Crippen molar-refractivity contribution in [2.45, 2.75) is 13.3 Å². The molecule has 94 valence electrons. The highest BCUT2D eigenvalue weighted by atomic mass is 79.9. The number of aromatic nitrogens is 2. The first kappa shape index (κ1) is 12.8. The van der Waals surface area contributed by atoms with Gasteiger partial charge in [0.1, 0.15) is 0 Å². The summed E-state index contributed by atoms with van der Waals surface area (Å²) in [6.45, 7) is 2.20. The molecule has 0 amide bonds. The summed E-state index contributed by atoms with van der Waals surface area (Å²) in [7, 11) is 0. The van der Waals surface area contributed by atoms with Crippen molar-refractivity contribution in [1.29, 1.82) is 0 Å². The van der Waals surface area contributed by atoms with Gasteiger partial charge in [-0.25, -0.2) is 0 Å². The molecule has 4 nitrogen and oxygen atoms in total. The lowest BCUT2D eigenvalue weighted by Gasteiger charge is -1.96. The molecule has 0 aliphatic heterocycles. The van der Waals surface area contributed by atoms with Crippen molar-refractivity contribution in [3.63, 3.8) is 0 Å². The second-order valence-corrected chi connectivity index (χ2v) is 4.63. The molecular formula is C13H13BrN2O2. The first-order chi connectivity index (χ1) is 8.70. The number of H-pyrrole nitrogens is 1. The Balaban J connectivity index is 2.12. The molecule has 0 unspecified atom stereocenters. The summed E-state index contributed by atoms with van der Waals surface area (Å²) in [5, 5.41) is 8.17. The van der Waals surface area contributed by atoms with Crippen LogP contribution in [0, 0.1) is 0 Å². The van der Waals surface area contributed by atoms with Crippen LogP contribution in [0.1, 0.15) is 19.0 Å². The van der Waals surface area contributed by atoms with Crippen molar-refractivity contribution in [2.24, 2.45) is 0 Å². The van der Waals surface area contributed by atoms with E-state index in [-0.39, 0.29) is 12.4 Å². The maximum atomic E-state index is 11.2. The maximum Gasteiger partial charge on any atom is 0.309 e. The number of hydrogen-bond donors (Lipinski definition) is 1. The average molecular weight is 309 g/mol. The molecule has 0 fully saturated rings. The normalized spacial score (nSPS) is 11.2. The first-order valence-corrected chi connectivity index (χ1v) is 6.46. The van der Waals surface area contributed by atoms with Crippen LogP contribution in [-0.4, -0.2) is 22.8 Å². The number of aromatic amines is 1. The second kappa shape index (κ2) is 5.82. The van der Waals surface area contributed by atoms with Gasteiger partial charge in [-0.05, 0) is 31.2 Å². The number of nitrogens with one attached hydrogen (secondary N) is 1. The van der Waals surface area contributed by atoms with Crippen LogP contribution in [0.3, 0.4) is 0 Å². The molecule has 0 saturated carbocycles. The van der Waals surface area contributed by atoms with Gasteiger partial charge in [0.15, 0.2) is 0 Å². The molecule has 1 aromatic heterocycles. The van der Waals surface area contributed by atoms with Crippen LogP contribution in [0.5, 0.6) is 0 Å². The number of ether oxygens (including phenoxy) is 1. The molecule has 2 aromatic rings. The number of hydrogen-bond acceptors (Lipinski definition) is 3. The van der Waals surface area contributed by atoms with Gasteiger partial charge in [-0.15, -0.1) is 0 Å². The molecule has 18 heavy (non-hydrogen) atoms. The topological polar surface area (TPSA) is 55.0 Å². The minimum Gasteiger partial charge on any atom is -0.466 e. The minimum atomic E-state index is -0.226. The highest BCUT2D eigenvalue weighted by Gasteiger charge is 2.03. The zero-order valence-corrected chi connectivity index (χ0v) is 11.5. The average Bonchev–Trinajstić information content (AvgIpc) is 2.72. The van der Waals surface area contributed by atoms with Crippen molar-refractivity contribution in [3.8, 4) is 0 Å². The zero-order valence-electron chi connectivity index (χ0n) is 9.94. The quantitative estimate of drug-likeness (QED) is 0.882. The van der Waals surface area contributed by atoms with E-state index in [1.54, 1.807) is 13.0 Å². The molecular weight excluding hydrogens is 296 g/mol. The lowest BCUT2D eigenvalue weighted by molar-refractivity contribution is -0.142. The lowest BCUT2D eigenvalue weighted by Crippen LogP contribution is -2.01. The van der Waals surface area contributed by atoms with E-state index in [1.165, 1.54) is 0 Å². The number of benzene rings is 1. The summed E-state index contributed by atoms with van der Waals surface area (Å²) >= 11 is 3.40. The largest absolute Gasteiger partial charge is 0.466 e. The molecule has 1 aromatic carbocycles. The number of esters is 1. The molecule has 0 saturated heterocycles. The van der Waals surface area contributed by atoms with Gasteiger partial charge >= 0.3 is 5.97 Å². The molecule has 2 rings (SSSR count). The second-order valence-electron chi connectivity index (χ2n) is 3.71. The third kappa shape index (κ3) is 2.98. The fraction of sp³-hybridized carbons (Fsp3) is 0.231. The van der Waals surface area contributed by atoms with Crippen molar-refractivity contribution >= 4 is 38.9 Å². The van der Waals surface area contributed by atoms with Gasteiger partial charge in [-0.3, -0.25) is 9.89 Å². The molecule has 0 bridgehead atoms. The molecule has 0 atom stereocenters. The number of rotatable bonds is 4. The van der Waals surface area contributed by atoms with Crippen LogP contribution in [0.15, 0.2) is 28.7 Å². The number of fused-ring (bicyclic) bond motifs is 1. The third-order valence-electron chi connectivity index (χ3n) is 2.42. The summed E-state index contributed by atoms with van der Waals surface area (Å²) in [6.07, 6.45) is 3.85. The smallest absolute Gasteiger partial charge is 0.309 e. The maximum absolute atomic E-state index is 11.2. The van der Waals surface area contributed by atoms with E-state index in [2.05, 4.69) is 26.1 Å². The van der Waals surface area contributed by atoms with Crippen molar-refractivity contribution in [3.05, 3.63) is 34.4 Å². The summed E-state index contributed by atoms with van der Waals surface area (Å²) < 4.78 is 5.84. The molecule has 5 heteroatoms. The predicted molar refractivity (Wildman–Crippen MR) is 74.1 cm³/mol. The summed E-state index contributed by atoms with van der Waals surface area (Å²) in [4.78, 5) is 11.2. The molecule has 0 radical (unpaired) electrons. The predicted octanol–water partition coefficient (Wildman–Crippen LogP) is 3.29. The van der Waals surface area contributed by atoms with Crippen LogP contribution in [-0.2, 0) is 9.53 Å². The van der Waals surface area contributed by atoms with Crippen LogP contribution in [0.4, 0.5) is 0 Å². The summed E-state index contributed by atoms with van der Waals surface area (Å²) in [6, 6.07) is 5.90. The van der Waals surface area contributed by atoms with Gasteiger partial charge in [0.2, 0.25) is 0 Å². The Morgan fingerprint density at radius 1 is 1.56 bits per heavy atom. The molecule has 0 spiro atoms. The summed E-state index contributed by atoms with van der Waals surface area (Å²) in [5.41, 5.74) is 1.78. The monoisotopic (exact) mass is 308 g/mol. The highest BCUT2D eigenvalue weighted by Crippen LogP contribution is 2.21. The fourth-order valence-electron chi connectivity index (χ4n) is 1.63. The zero-order chi connectivity index (χ0) is 13.0. The van der Waals surface area contributed by atoms with E-state index in [1.807, 2.05) is 24.3 Å². The van der Waals surface area contributed by atoms with Gasteiger partial charge in [0.05, 0.1) is 24.2 Å². The van der Waals surface area contributed by atoms with Crippen LogP contribution in [0.2, 0.25) is 0 Å². The number of halogens is 1. The standard InChI is InChI=1S/C13H13BrN2O2/c1-2-18-13(17)5-3-4-11-10-7-6-9(14)8-12(10)16-15-11/h3-4,6-8H,2,5H2,1H3,(H,15,16). The number of carbonyl (C=O) groups excluding carboxylic acids is 1. The lowest BCUT2D eigenvalue weighted by atomic mass is 10.2. The highest BCUT2D eigenvalue weighted by molar-refractivity contribution is 9.10. The molecule has 1 N–H and O–H groups in total.